The monoisotopic (exact) mass is 348 g/mol. The summed E-state index contributed by atoms with van der Waals surface area (Å²) in [5, 5.41) is -0.270. The lowest BCUT2D eigenvalue weighted by Crippen LogP contribution is -2.34. The molecule has 2 aliphatic rings. The Kier molecular flexibility index (Phi) is 4.67. The number of aryl methyl sites for hydroxylation is 1. The Morgan fingerprint density at radius 3 is 2.46 bits per heavy atom. The molecular weight excluding hydrogens is 327 g/mol. The largest absolute Gasteiger partial charge is 0.369 e. The topological polar surface area (TPSA) is 40.6 Å². The fourth-order valence-electron chi connectivity index (χ4n) is 3.10. The number of thioether (sulfide) groups is 1. The van der Waals surface area contributed by atoms with Crippen molar-refractivity contribution in [1.29, 1.82) is 0 Å². The van der Waals surface area contributed by atoms with Crippen LogP contribution in [0.25, 0.3) is 6.08 Å². The molecule has 3 rings (SSSR count). The Morgan fingerprint density at radius 2 is 1.88 bits per heavy atom. The molecule has 0 aromatic heterocycles. The van der Waals surface area contributed by atoms with E-state index in [9.17, 15) is 14.0 Å². The van der Waals surface area contributed by atoms with Gasteiger partial charge in [0, 0.05) is 19.1 Å². The molecular formula is C18H21FN2O2S. The Morgan fingerprint density at radius 1 is 1.21 bits per heavy atom. The number of amides is 2. The first-order valence-corrected chi connectivity index (χ1v) is 9.02. The molecule has 0 saturated carbocycles. The molecule has 0 bridgehead atoms. The van der Waals surface area contributed by atoms with Gasteiger partial charge in [0.25, 0.3) is 11.1 Å². The van der Waals surface area contributed by atoms with Crippen molar-refractivity contribution >= 4 is 34.7 Å². The number of imide groups is 1. The third kappa shape index (κ3) is 3.07. The van der Waals surface area contributed by atoms with Crippen LogP contribution < -0.4 is 4.90 Å². The Labute approximate surface area is 145 Å². The lowest BCUT2D eigenvalue weighted by atomic mass is 10.1. The highest BCUT2D eigenvalue weighted by Crippen LogP contribution is 2.35. The minimum Gasteiger partial charge on any atom is -0.369 e. The highest BCUT2D eigenvalue weighted by molar-refractivity contribution is 8.18. The highest BCUT2D eigenvalue weighted by Gasteiger charge is 2.36. The summed E-state index contributed by atoms with van der Waals surface area (Å²) in [6.45, 7) is 7.26. The molecule has 0 aliphatic carbocycles. The predicted octanol–water partition coefficient (Wildman–Crippen LogP) is 4.18. The molecule has 0 atom stereocenters. The molecule has 4 nitrogen and oxygen atoms in total. The van der Waals surface area contributed by atoms with Crippen LogP contribution in [-0.2, 0) is 4.79 Å². The summed E-state index contributed by atoms with van der Waals surface area (Å²) < 4.78 is 14.5. The van der Waals surface area contributed by atoms with Gasteiger partial charge in [-0.2, -0.15) is 0 Å². The van der Waals surface area contributed by atoms with Gasteiger partial charge in [-0.1, -0.05) is 0 Å². The average molecular weight is 348 g/mol. The summed E-state index contributed by atoms with van der Waals surface area (Å²) in [5.74, 6) is -0.583. The highest BCUT2D eigenvalue weighted by atomic mass is 32.2. The first kappa shape index (κ1) is 17.0. The Hall–Kier alpha value is -1.82. The SMILES string of the molecule is Cc1cc(N2CCCC2)c(F)cc1/C=C1\SC(=O)N(C(C)C)C1=O. The van der Waals surface area contributed by atoms with Gasteiger partial charge in [-0.3, -0.25) is 14.5 Å². The van der Waals surface area contributed by atoms with Crippen LogP contribution in [0.15, 0.2) is 17.0 Å². The van der Waals surface area contributed by atoms with Crippen molar-refractivity contribution in [1.82, 2.24) is 4.90 Å². The number of carbonyl (C=O) groups excluding carboxylic acids is 2. The van der Waals surface area contributed by atoms with E-state index in [0.717, 1.165) is 43.3 Å². The summed E-state index contributed by atoms with van der Waals surface area (Å²) >= 11 is 0.915. The van der Waals surface area contributed by atoms with Gasteiger partial charge in [-0.15, -0.1) is 0 Å². The van der Waals surface area contributed by atoms with E-state index in [0.29, 0.717) is 16.2 Å². The van der Waals surface area contributed by atoms with Crippen molar-refractivity contribution in [3.8, 4) is 0 Å². The van der Waals surface area contributed by atoms with Crippen molar-refractivity contribution in [3.63, 3.8) is 0 Å². The first-order valence-electron chi connectivity index (χ1n) is 8.20. The van der Waals surface area contributed by atoms with Crippen LogP contribution in [-0.4, -0.2) is 35.2 Å². The van der Waals surface area contributed by atoms with Crippen molar-refractivity contribution in [2.45, 2.75) is 39.7 Å². The standard InChI is InChI=1S/C18H21FN2O2S/c1-11(2)21-17(22)16(24-18(21)23)10-13-9-14(19)15(8-12(13)3)20-6-4-5-7-20/h8-11H,4-7H2,1-3H3/b16-10-. The average Bonchev–Trinajstić information content (AvgIpc) is 3.11. The molecule has 2 fully saturated rings. The minimum atomic E-state index is -0.302. The number of rotatable bonds is 3. The van der Waals surface area contributed by atoms with Crippen molar-refractivity contribution < 1.29 is 14.0 Å². The van der Waals surface area contributed by atoms with Gasteiger partial charge in [-0.25, -0.2) is 4.39 Å². The van der Waals surface area contributed by atoms with E-state index in [1.54, 1.807) is 19.9 Å². The molecule has 0 unspecified atom stereocenters. The van der Waals surface area contributed by atoms with E-state index < -0.39 is 0 Å². The molecule has 24 heavy (non-hydrogen) atoms. The van der Waals surface area contributed by atoms with E-state index in [-0.39, 0.29) is 23.0 Å². The molecule has 1 aromatic carbocycles. The van der Waals surface area contributed by atoms with Crippen LogP contribution in [0.1, 0.15) is 37.8 Å². The van der Waals surface area contributed by atoms with Gasteiger partial charge < -0.3 is 4.90 Å². The van der Waals surface area contributed by atoms with E-state index in [2.05, 4.69) is 4.90 Å². The van der Waals surface area contributed by atoms with Gasteiger partial charge >= 0.3 is 0 Å². The molecule has 2 aliphatic heterocycles. The normalized spacial score (nSPS) is 20.1. The third-order valence-corrected chi connectivity index (χ3v) is 5.29. The summed E-state index contributed by atoms with van der Waals surface area (Å²) in [6.07, 6.45) is 3.80. The van der Waals surface area contributed by atoms with E-state index in [1.165, 1.54) is 11.0 Å². The second kappa shape index (κ2) is 6.59. The zero-order valence-electron chi connectivity index (χ0n) is 14.1. The number of anilines is 1. The number of hydrogen-bond donors (Lipinski definition) is 0. The molecule has 0 spiro atoms. The number of carbonyl (C=O) groups is 2. The van der Waals surface area contributed by atoms with Gasteiger partial charge in [0.15, 0.2) is 0 Å². The van der Waals surface area contributed by atoms with Gasteiger partial charge in [0.1, 0.15) is 5.82 Å². The maximum absolute atomic E-state index is 14.5. The van der Waals surface area contributed by atoms with Crippen LogP contribution in [0.4, 0.5) is 14.9 Å². The minimum absolute atomic E-state index is 0.182. The fourth-order valence-corrected chi connectivity index (χ4v) is 4.06. The Bertz CT molecular complexity index is 724. The van der Waals surface area contributed by atoms with Crippen LogP contribution in [0.5, 0.6) is 0 Å². The molecule has 0 N–H and O–H groups in total. The fraction of sp³-hybridized carbons (Fsp3) is 0.444. The summed E-state index contributed by atoms with van der Waals surface area (Å²) in [4.78, 5) is 27.9. The zero-order valence-corrected chi connectivity index (χ0v) is 15.0. The maximum atomic E-state index is 14.5. The molecule has 2 saturated heterocycles. The lowest BCUT2D eigenvalue weighted by molar-refractivity contribution is -0.123. The number of benzene rings is 1. The van der Waals surface area contributed by atoms with Crippen molar-refractivity contribution in [2.24, 2.45) is 0 Å². The zero-order chi connectivity index (χ0) is 17.4. The lowest BCUT2D eigenvalue weighted by Gasteiger charge is -2.19. The summed E-state index contributed by atoms with van der Waals surface area (Å²) in [7, 11) is 0. The number of halogens is 1. The van der Waals surface area contributed by atoms with Crippen LogP contribution in [0.2, 0.25) is 0 Å². The van der Waals surface area contributed by atoms with Crippen molar-refractivity contribution in [3.05, 3.63) is 34.0 Å². The van der Waals surface area contributed by atoms with Crippen LogP contribution in [0, 0.1) is 12.7 Å². The number of hydrogen-bond acceptors (Lipinski definition) is 4. The van der Waals surface area contributed by atoms with Gasteiger partial charge in [0.05, 0.1) is 10.6 Å². The number of nitrogens with zero attached hydrogens (tertiary/aromatic N) is 2. The maximum Gasteiger partial charge on any atom is 0.293 e. The quantitative estimate of drug-likeness (QED) is 0.769. The summed E-state index contributed by atoms with van der Waals surface area (Å²) in [6, 6.07) is 3.12. The first-order chi connectivity index (χ1) is 11.4. The van der Waals surface area contributed by atoms with Gasteiger partial charge in [0.2, 0.25) is 0 Å². The summed E-state index contributed by atoms with van der Waals surface area (Å²) in [5.41, 5.74) is 2.16. The molecule has 6 heteroatoms. The van der Waals surface area contributed by atoms with Crippen molar-refractivity contribution in [2.75, 3.05) is 18.0 Å². The smallest absolute Gasteiger partial charge is 0.293 e. The third-order valence-electron chi connectivity index (χ3n) is 4.41. The van der Waals surface area contributed by atoms with E-state index >= 15 is 0 Å². The van der Waals surface area contributed by atoms with Gasteiger partial charge in [-0.05, 0) is 74.7 Å². The molecule has 128 valence electrons. The molecule has 1 aromatic rings. The molecule has 2 amide bonds. The Balaban J connectivity index is 1.92. The van der Waals surface area contributed by atoms with Crippen LogP contribution in [0.3, 0.4) is 0 Å². The predicted molar refractivity (Wildman–Crippen MR) is 95.5 cm³/mol. The molecule has 0 radical (unpaired) electrons. The second-order valence-electron chi connectivity index (χ2n) is 6.50. The molecule has 2 heterocycles. The second-order valence-corrected chi connectivity index (χ2v) is 7.49. The van der Waals surface area contributed by atoms with Crippen LogP contribution >= 0.6 is 11.8 Å². The van der Waals surface area contributed by atoms with E-state index in [4.69, 9.17) is 0 Å². The van der Waals surface area contributed by atoms with E-state index in [1.807, 2.05) is 13.0 Å².